The molecule has 0 N–H and O–H groups in total. The minimum Gasteiger partial charge on any atom is -0.462 e. The van der Waals surface area contributed by atoms with Crippen LogP contribution in [0.1, 0.15) is 28.4 Å². The molecule has 2 nitrogen and oxygen atoms in total. The molecule has 0 saturated carbocycles. The summed E-state index contributed by atoms with van der Waals surface area (Å²) >= 11 is 5.96. The molecule has 0 amide bonds. The molecule has 98 valence electrons. The smallest absolute Gasteiger partial charge is 0.338 e. The Balaban J connectivity index is 2.17. The van der Waals surface area contributed by atoms with Crippen LogP contribution in [-0.2, 0) is 11.2 Å². The van der Waals surface area contributed by atoms with Crippen LogP contribution in [0.2, 0.25) is 5.02 Å². The van der Waals surface area contributed by atoms with E-state index in [-0.39, 0.29) is 5.97 Å². The molecule has 0 radical (unpaired) electrons. The number of esters is 1. The molecule has 0 saturated heterocycles. The van der Waals surface area contributed by atoms with Crippen molar-refractivity contribution in [1.82, 2.24) is 0 Å². The number of carbonyl (C=O) groups is 1. The summed E-state index contributed by atoms with van der Waals surface area (Å²) in [6, 6.07) is 15.2. The quantitative estimate of drug-likeness (QED) is 0.785. The summed E-state index contributed by atoms with van der Waals surface area (Å²) in [5, 5.41) is 0.721. The zero-order valence-corrected chi connectivity index (χ0v) is 11.5. The SMILES string of the molecule is CCOC(=O)c1cccc(Cc2cccc(Cl)c2)c1. The topological polar surface area (TPSA) is 26.3 Å². The average molecular weight is 275 g/mol. The first kappa shape index (κ1) is 13.6. The Morgan fingerprint density at radius 2 is 1.79 bits per heavy atom. The fourth-order valence-corrected chi connectivity index (χ4v) is 2.12. The largest absolute Gasteiger partial charge is 0.462 e. The Bertz CT molecular complexity index is 578. The number of rotatable bonds is 4. The summed E-state index contributed by atoms with van der Waals surface area (Å²) in [6.45, 7) is 2.19. The van der Waals surface area contributed by atoms with E-state index in [1.54, 1.807) is 13.0 Å². The number of halogens is 1. The molecule has 3 heteroatoms. The highest BCUT2D eigenvalue weighted by Crippen LogP contribution is 2.16. The Labute approximate surface area is 118 Å². The van der Waals surface area contributed by atoms with E-state index in [0.29, 0.717) is 12.2 Å². The molecule has 2 aromatic carbocycles. The van der Waals surface area contributed by atoms with Crippen LogP contribution in [0.4, 0.5) is 0 Å². The van der Waals surface area contributed by atoms with Crippen molar-refractivity contribution in [2.45, 2.75) is 13.3 Å². The van der Waals surface area contributed by atoms with Gasteiger partial charge in [0, 0.05) is 5.02 Å². The van der Waals surface area contributed by atoms with Gasteiger partial charge in [0.05, 0.1) is 12.2 Å². The molecule has 19 heavy (non-hydrogen) atoms. The Hall–Kier alpha value is -1.80. The normalized spacial score (nSPS) is 10.2. The second-order valence-electron chi connectivity index (χ2n) is 4.23. The summed E-state index contributed by atoms with van der Waals surface area (Å²) in [5.41, 5.74) is 2.77. The molecule has 0 aliphatic rings. The van der Waals surface area contributed by atoms with Gasteiger partial charge < -0.3 is 4.74 Å². The summed E-state index contributed by atoms with van der Waals surface area (Å²) in [5.74, 6) is -0.282. The lowest BCUT2D eigenvalue weighted by Crippen LogP contribution is -2.05. The van der Waals surface area contributed by atoms with Gasteiger partial charge in [0.1, 0.15) is 0 Å². The lowest BCUT2D eigenvalue weighted by molar-refractivity contribution is 0.0526. The third kappa shape index (κ3) is 3.83. The Morgan fingerprint density at radius 1 is 1.11 bits per heavy atom. The molecule has 2 rings (SSSR count). The number of ether oxygens (including phenoxy) is 1. The van der Waals surface area contributed by atoms with E-state index in [4.69, 9.17) is 16.3 Å². The first-order chi connectivity index (χ1) is 9.19. The molecule has 0 spiro atoms. The van der Waals surface area contributed by atoms with Gasteiger partial charge in [-0.3, -0.25) is 0 Å². The van der Waals surface area contributed by atoms with E-state index in [0.717, 1.165) is 22.6 Å². The number of benzene rings is 2. The van der Waals surface area contributed by atoms with Crippen molar-refractivity contribution in [3.8, 4) is 0 Å². The molecule has 0 aromatic heterocycles. The van der Waals surface area contributed by atoms with Crippen molar-refractivity contribution < 1.29 is 9.53 Å². The summed E-state index contributed by atoms with van der Waals surface area (Å²) in [4.78, 5) is 11.7. The van der Waals surface area contributed by atoms with Gasteiger partial charge in [-0.15, -0.1) is 0 Å². The van der Waals surface area contributed by atoms with Gasteiger partial charge in [0.2, 0.25) is 0 Å². The highest BCUT2D eigenvalue weighted by atomic mass is 35.5. The maximum atomic E-state index is 11.7. The number of hydrogen-bond donors (Lipinski definition) is 0. The second kappa shape index (κ2) is 6.39. The zero-order chi connectivity index (χ0) is 13.7. The fraction of sp³-hybridized carbons (Fsp3) is 0.188. The first-order valence-corrected chi connectivity index (χ1v) is 6.57. The molecule has 0 bridgehead atoms. The summed E-state index contributed by atoms with van der Waals surface area (Å²) in [6.07, 6.45) is 0.744. The third-order valence-electron chi connectivity index (χ3n) is 2.74. The van der Waals surface area contributed by atoms with E-state index in [9.17, 15) is 4.79 Å². The predicted molar refractivity (Wildman–Crippen MR) is 76.7 cm³/mol. The minimum absolute atomic E-state index is 0.282. The van der Waals surface area contributed by atoms with Crippen LogP contribution in [0.3, 0.4) is 0 Å². The molecule has 0 atom stereocenters. The van der Waals surface area contributed by atoms with E-state index >= 15 is 0 Å². The monoisotopic (exact) mass is 274 g/mol. The molecule has 2 aromatic rings. The van der Waals surface area contributed by atoms with Gasteiger partial charge in [-0.1, -0.05) is 35.9 Å². The van der Waals surface area contributed by atoms with Crippen LogP contribution >= 0.6 is 11.6 Å². The van der Waals surface area contributed by atoms with Gasteiger partial charge in [0.25, 0.3) is 0 Å². The molecular weight excluding hydrogens is 260 g/mol. The van der Waals surface area contributed by atoms with Crippen LogP contribution in [0.15, 0.2) is 48.5 Å². The van der Waals surface area contributed by atoms with Crippen LogP contribution < -0.4 is 0 Å². The number of hydrogen-bond acceptors (Lipinski definition) is 2. The minimum atomic E-state index is -0.282. The lowest BCUT2D eigenvalue weighted by atomic mass is 10.0. The van der Waals surface area contributed by atoms with Gasteiger partial charge in [0.15, 0.2) is 0 Å². The van der Waals surface area contributed by atoms with Gasteiger partial charge in [-0.05, 0) is 48.7 Å². The highest BCUT2D eigenvalue weighted by molar-refractivity contribution is 6.30. The van der Waals surface area contributed by atoms with Crippen molar-refractivity contribution in [2.24, 2.45) is 0 Å². The first-order valence-electron chi connectivity index (χ1n) is 6.19. The van der Waals surface area contributed by atoms with Crippen LogP contribution in [0.25, 0.3) is 0 Å². The van der Waals surface area contributed by atoms with Crippen LogP contribution in [0.5, 0.6) is 0 Å². The van der Waals surface area contributed by atoms with Crippen LogP contribution in [-0.4, -0.2) is 12.6 Å². The maximum Gasteiger partial charge on any atom is 0.338 e. The van der Waals surface area contributed by atoms with E-state index in [2.05, 4.69) is 0 Å². The molecule has 0 aliphatic heterocycles. The van der Waals surface area contributed by atoms with Crippen molar-refractivity contribution in [2.75, 3.05) is 6.61 Å². The van der Waals surface area contributed by atoms with E-state index in [1.807, 2.05) is 42.5 Å². The van der Waals surface area contributed by atoms with E-state index < -0.39 is 0 Å². The average Bonchev–Trinajstić information content (AvgIpc) is 2.39. The summed E-state index contributed by atoms with van der Waals surface area (Å²) in [7, 11) is 0. The highest BCUT2D eigenvalue weighted by Gasteiger charge is 2.07. The molecule has 0 aliphatic carbocycles. The van der Waals surface area contributed by atoms with Crippen molar-refractivity contribution >= 4 is 17.6 Å². The maximum absolute atomic E-state index is 11.7. The van der Waals surface area contributed by atoms with Gasteiger partial charge in [-0.25, -0.2) is 4.79 Å². The lowest BCUT2D eigenvalue weighted by Gasteiger charge is -2.06. The zero-order valence-electron chi connectivity index (χ0n) is 10.7. The number of carbonyl (C=O) groups excluding carboxylic acids is 1. The summed E-state index contributed by atoms with van der Waals surface area (Å²) < 4.78 is 4.99. The Morgan fingerprint density at radius 3 is 2.47 bits per heavy atom. The van der Waals surface area contributed by atoms with E-state index in [1.165, 1.54) is 0 Å². The third-order valence-corrected chi connectivity index (χ3v) is 2.97. The molecule has 0 fully saturated rings. The van der Waals surface area contributed by atoms with Crippen molar-refractivity contribution in [3.05, 3.63) is 70.2 Å². The van der Waals surface area contributed by atoms with Crippen molar-refractivity contribution in [1.29, 1.82) is 0 Å². The standard InChI is InChI=1S/C16H15ClO2/c1-2-19-16(18)14-7-3-5-12(10-14)9-13-6-4-8-15(17)11-13/h3-8,10-11H,2,9H2,1H3. The van der Waals surface area contributed by atoms with Crippen LogP contribution in [0, 0.1) is 0 Å². The van der Waals surface area contributed by atoms with Gasteiger partial charge in [-0.2, -0.15) is 0 Å². The predicted octanol–water partition coefficient (Wildman–Crippen LogP) is 4.11. The Kier molecular flexibility index (Phi) is 4.58. The van der Waals surface area contributed by atoms with Crippen molar-refractivity contribution in [3.63, 3.8) is 0 Å². The molecule has 0 unspecified atom stereocenters. The molecule has 0 heterocycles. The van der Waals surface area contributed by atoms with Gasteiger partial charge >= 0.3 is 5.97 Å². The molecular formula is C16H15ClO2. The second-order valence-corrected chi connectivity index (χ2v) is 4.66. The fourth-order valence-electron chi connectivity index (χ4n) is 1.91.